The first-order valence-corrected chi connectivity index (χ1v) is 7.83. The lowest BCUT2D eigenvalue weighted by Crippen LogP contribution is -2.26. The van der Waals surface area contributed by atoms with Crippen LogP contribution < -0.4 is 5.32 Å². The molecule has 122 valence electrons. The van der Waals surface area contributed by atoms with Crippen molar-refractivity contribution in [3.05, 3.63) is 53.2 Å². The molecule has 3 aromatic rings. The van der Waals surface area contributed by atoms with Crippen molar-refractivity contribution >= 4 is 5.91 Å². The minimum atomic E-state index is -0.0983. The summed E-state index contributed by atoms with van der Waals surface area (Å²) in [7, 11) is 1.79. The third-order valence-electron chi connectivity index (χ3n) is 4.28. The van der Waals surface area contributed by atoms with Crippen LogP contribution >= 0.6 is 0 Å². The molecule has 1 aliphatic rings. The van der Waals surface area contributed by atoms with E-state index in [9.17, 15) is 4.79 Å². The average molecular weight is 323 g/mol. The molecule has 4 rings (SSSR count). The molecule has 0 bridgehead atoms. The van der Waals surface area contributed by atoms with E-state index in [1.807, 2.05) is 12.1 Å². The number of nitrogens with zero attached hydrogens (tertiary/aromatic N) is 4. The summed E-state index contributed by atoms with van der Waals surface area (Å²) in [5.41, 5.74) is 3.87. The van der Waals surface area contributed by atoms with Crippen molar-refractivity contribution in [3.63, 3.8) is 0 Å². The van der Waals surface area contributed by atoms with Crippen molar-refractivity contribution in [2.75, 3.05) is 0 Å². The Morgan fingerprint density at radius 3 is 3.00 bits per heavy atom. The minimum Gasteiger partial charge on any atom is -0.345 e. The van der Waals surface area contributed by atoms with Gasteiger partial charge in [-0.25, -0.2) is 0 Å². The minimum absolute atomic E-state index is 0.0220. The highest BCUT2D eigenvalue weighted by Gasteiger charge is 2.25. The van der Waals surface area contributed by atoms with Crippen molar-refractivity contribution in [1.82, 2.24) is 25.2 Å². The Hall–Kier alpha value is -2.96. The number of aromatic nitrogens is 4. The highest BCUT2D eigenvalue weighted by Crippen LogP contribution is 2.33. The molecule has 0 fully saturated rings. The van der Waals surface area contributed by atoms with Crippen molar-refractivity contribution in [1.29, 1.82) is 0 Å². The normalized spacial score (nSPS) is 16.2. The highest BCUT2D eigenvalue weighted by molar-refractivity contribution is 5.94. The maximum absolute atomic E-state index is 12.3. The number of nitrogens with one attached hydrogen (secondary N) is 1. The zero-order valence-corrected chi connectivity index (χ0v) is 13.5. The monoisotopic (exact) mass is 323 g/mol. The molecule has 1 aromatic carbocycles. The Bertz CT molecular complexity index is 911. The Morgan fingerprint density at radius 1 is 1.42 bits per heavy atom. The molecule has 2 aromatic heterocycles. The smallest absolute Gasteiger partial charge is 0.254 e. The van der Waals surface area contributed by atoms with E-state index in [0.717, 1.165) is 24.0 Å². The van der Waals surface area contributed by atoms with Gasteiger partial charge in [0, 0.05) is 25.7 Å². The molecule has 24 heavy (non-hydrogen) atoms. The number of amides is 1. The van der Waals surface area contributed by atoms with E-state index in [4.69, 9.17) is 4.52 Å². The van der Waals surface area contributed by atoms with E-state index < -0.39 is 0 Å². The third-order valence-corrected chi connectivity index (χ3v) is 4.28. The lowest BCUT2D eigenvalue weighted by atomic mass is 10.0. The molecule has 1 unspecified atom stereocenters. The van der Waals surface area contributed by atoms with Crippen LogP contribution in [0.3, 0.4) is 0 Å². The first-order chi connectivity index (χ1) is 11.6. The summed E-state index contributed by atoms with van der Waals surface area (Å²) >= 11 is 0. The fraction of sp³-hybridized carbons (Fsp3) is 0.294. The first kappa shape index (κ1) is 14.6. The van der Waals surface area contributed by atoms with Gasteiger partial charge in [0.2, 0.25) is 11.7 Å². The number of carbonyl (C=O) groups is 1. The zero-order chi connectivity index (χ0) is 16.7. The van der Waals surface area contributed by atoms with Crippen molar-refractivity contribution in [2.24, 2.45) is 7.05 Å². The summed E-state index contributed by atoms with van der Waals surface area (Å²) in [5.74, 6) is 1.05. The lowest BCUT2D eigenvalue weighted by Gasteiger charge is -2.13. The first-order valence-electron chi connectivity index (χ1n) is 7.83. The summed E-state index contributed by atoms with van der Waals surface area (Å²) in [6, 6.07) is 6.11. The highest BCUT2D eigenvalue weighted by atomic mass is 16.5. The van der Waals surface area contributed by atoms with Gasteiger partial charge in [-0.15, -0.1) is 0 Å². The second-order valence-electron chi connectivity index (χ2n) is 6.02. The number of aryl methyl sites for hydroxylation is 3. The molecule has 7 nitrogen and oxygen atoms in total. The van der Waals surface area contributed by atoms with Crippen LogP contribution in [0.1, 0.15) is 39.8 Å². The van der Waals surface area contributed by atoms with Gasteiger partial charge in [-0.3, -0.25) is 9.48 Å². The predicted octanol–water partition coefficient (Wildman–Crippen LogP) is 2.20. The van der Waals surface area contributed by atoms with Gasteiger partial charge in [-0.1, -0.05) is 17.3 Å². The van der Waals surface area contributed by atoms with Crippen LogP contribution in [0.5, 0.6) is 0 Å². The molecule has 1 amide bonds. The van der Waals surface area contributed by atoms with Crippen LogP contribution in [0.25, 0.3) is 11.4 Å². The second kappa shape index (κ2) is 5.59. The molecule has 0 aliphatic heterocycles. The van der Waals surface area contributed by atoms with Gasteiger partial charge >= 0.3 is 0 Å². The van der Waals surface area contributed by atoms with Crippen molar-refractivity contribution in [2.45, 2.75) is 25.8 Å². The molecular formula is C17H17N5O2. The van der Waals surface area contributed by atoms with Gasteiger partial charge < -0.3 is 9.84 Å². The topological polar surface area (TPSA) is 85.8 Å². The maximum Gasteiger partial charge on any atom is 0.254 e. The maximum atomic E-state index is 12.3. The molecule has 0 saturated heterocycles. The van der Waals surface area contributed by atoms with Gasteiger partial charge in [-0.05, 0) is 30.0 Å². The summed E-state index contributed by atoms with van der Waals surface area (Å²) in [4.78, 5) is 16.6. The molecule has 7 heteroatoms. The number of rotatable bonds is 3. The van der Waals surface area contributed by atoms with Crippen LogP contribution in [0.4, 0.5) is 0 Å². The summed E-state index contributed by atoms with van der Waals surface area (Å²) in [6.45, 7) is 1.77. The number of carbonyl (C=O) groups excluding carboxylic acids is 1. The number of benzene rings is 1. The fourth-order valence-corrected chi connectivity index (χ4v) is 3.10. The van der Waals surface area contributed by atoms with E-state index in [1.165, 1.54) is 5.56 Å². The summed E-state index contributed by atoms with van der Waals surface area (Å²) in [5, 5.41) is 11.1. The largest absolute Gasteiger partial charge is 0.345 e. The SMILES string of the molecule is Cc1nc(-c2ccc3c(c2)CCC3NC(=O)c2cnn(C)c2)no1. The van der Waals surface area contributed by atoms with Gasteiger partial charge in [-0.2, -0.15) is 10.1 Å². The molecule has 1 atom stereocenters. The van der Waals surface area contributed by atoms with Crippen molar-refractivity contribution < 1.29 is 9.32 Å². The van der Waals surface area contributed by atoms with Crippen LogP contribution in [0.15, 0.2) is 35.1 Å². The van der Waals surface area contributed by atoms with Gasteiger partial charge in [0.1, 0.15) is 0 Å². The van der Waals surface area contributed by atoms with Gasteiger partial charge in [0.15, 0.2) is 0 Å². The molecule has 2 heterocycles. The quantitative estimate of drug-likeness (QED) is 0.798. The Balaban J connectivity index is 1.55. The van der Waals surface area contributed by atoms with Crippen LogP contribution in [-0.2, 0) is 13.5 Å². The molecule has 1 N–H and O–H groups in total. The number of fused-ring (bicyclic) bond motifs is 1. The third kappa shape index (κ3) is 2.58. The van der Waals surface area contributed by atoms with E-state index >= 15 is 0 Å². The molecule has 0 radical (unpaired) electrons. The lowest BCUT2D eigenvalue weighted by molar-refractivity contribution is 0.0936. The van der Waals surface area contributed by atoms with Gasteiger partial charge in [0.05, 0.1) is 17.8 Å². The molecular weight excluding hydrogens is 306 g/mol. The van der Waals surface area contributed by atoms with Crippen molar-refractivity contribution in [3.8, 4) is 11.4 Å². The Kier molecular flexibility index (Phi) is 3.41. The Morgan fingerprint density at radius 2 is 2.29 bits per heavy atom. The van der Waals surface area contributed by atoms with Gasteiger partial charge in [0.25, 0.3) is 5.91 Å². The second-order valence-corrected chi connectivity index (χ2v) is 6.02. The van der Waals surface area contributed by atoms with Crippen LogP contribution in [0, 0.1) is 6.92 Å². The number of hydrogen-bond donors (Lipinski definition) is 1. The van der Waals surface area contributed by atoms with E-state index in [-0.39, 0.29) is 11.9 Å². The standard InChI is InChI=1S/C17H17N5O2/c1-10-19-16(21-24-10)12-3-5-14-11(7-12)4-6-15(14)20-17(23)13-8-18-22(2)9-13/h3,5,7-9,15H,4,6H2,1-2H3,(H,20,23). The predicted molar refractivity (Wildman–Crippen MR) is 86.2 cm³/mol. The number of hydrogen-bond acceptors (Lipinski definition) is 5. The van der Waals surface area contributed by atoms with Crippen LogP contribution in [-0.4, -0.2) is 25.8 Å². The molecule has 0 saturated carbocycles. The molecule has 1 aliphatic carbocycles. The summed E-state index contributed by atoms with van der Waals surface area (Å²) < 4.78 is 6.66. The fourth-order valence-electron chi connectivity index (χ4n) is 3.10. The van der Waals surface area contributed by atoms with E-state index in [0.29, 0.717) is 17.3 Å². The zero-order valence-electron chi connectivity index (χ0n) is 13.5. The van der Waals surface area contributed by atoms with E-state index in [1.54, 1.807) is 31.0 Å². The van der Waals surface area contributed by atoms with Crippen LogP contribution in [0.2, 0.25) is 0 Å². The Labute approximate surface area is 138 Å². The molecule has 0 spiro atoms. The van der Waals surface area contributed by atoms with E-state index in [2.05, 4.69) is 26.6 Å². The summed E-state index contributed by atoms with van der Waals surface area (Å²) in [6.07, 6.45) is 5.09. The average Bonchev–Trinajstić information content (AvgIpc) is 3.28.